The van der Waals surface area contributed by atoms with Crippen molar-refractivity contribution in [1.29, 1.82) is 0 Å². The van der Waals surface area contributed by atoms with Crippen LogP contribution in [0.25, 0.3) is 42.2 Å². The standard InChI is InChI=1S/C27H18N4O3S2.Na/c28-26-19-8-2-1-7-18(19)25(36(32,33)34)14-23(26)31-30-16-12-13-22(29-15-16)21-10-5-9-20-17-6-3-4-11-24(17)35-27(20)21;/h1-15H,28H2,(H,32,33,34);/q;+1/p-1. The Morgan fingerprint density at radius 2 is 1.51 bits per heavy atom. The zero-order valence-corrected chi connectivity index (χ0v) is 23.3. The Balaban J connectivity index is 0.00000280. The molecule has 6 rings (SSSR count). The van der Waals surface area contributed by atoms with Crippen LogP contribution in [0.1, 0.15) is 0 Å². The molecule has 0 spiro atoms. The molecule has 2 heterocycles. The molecule has 6 aromatic rings. The van der Waals surface area contributed by atoms with E-state index in [9.17, 15) is 13.0 Å². The number of anilines is 1. The summed E-state index contributed by atoms with van der Waals surface area (Å²) in [5.41, 5.74) is 8.84. The van der Waals surface area contributed by atoms with Crippen molar-refractivity contribution in [2.45, 2.75) is 4.90 Å². The number of nitrogen functional groups attached to an aromatic ring is 1. The maximum atomic E-state index is 11.8. The molecule has 176 valence electrons. The third kappa shape index (κ3) is 4.66. The van der Waals surface area contributed by atoms with Crippen LogP contribution in [0.3, 0.4) is 0 Å². The summed E-state index contributed by atoms with van der Waals surface area (Å²) in [5, 5.41) is 11.4. The Morgan fingerprint density at radius 1 is 0.811 bits per heavy atom. The Kier molecular flexibility index (Phi) is 6.84. The Hall–Kier alpha value is -3.18. The van der Waals surface area contributed by atoms with Gasteiger partial charge in [-0.05, 0) is 24.3 Å². The van der Waals surface area contributed by atoms with Crippen LogP contribution in [0, 0.1) is 0 Å². The number of azo groups is 1. The molecule has 0 radical (unpaired) electrons. The van der Waals surface area contributed by atoms with Gasteiger partial charge in [-0.3, -0.25) is 4.98 Å². The molecule has 0 atom stereocenters. The van der Waals surface area contributed by atoms with Gasteiger partial charge in [0.25, 0.3) is 0 Å². The van der Waals surface area contributed by atoms with E-state index in [4.69, 9.17) is 5.73 Å². The number of hydrogen-bond acceptors (Lipinski definition) is 8. The van der Waals surface area contributed by atoms with Crippen molar-refractivity contribution >= 4 is 69.5 Å². The van der Waals surface area contributed by atoms with Crippen molar-refractivity contribution < 1.29 is 42.5 Å². The van der Waals surface area contributed by atoms with Gasteiger partial charge in [-0.1, -0.05) is 60.7 Å². The third-order valence-corrected chi connectivity index (χ3v) is 8.09. The first kappa shape index (κ1) is 25.5. The summed E-state index contributed by atoms with van der Waals surface area (Å²) in [6, 6.07) is 25.8. The monoisotopic (exact) mass is 532 g/mol. The Labute approximate surface area is 238 Å². The predicted octanol–water partition coefficient (Wildman–Crippen LogP) is 4.18. The van der Waals surface area contributed by atoms with Gasteiger partial charge in [0, 0.05) is 36.5 Å². The molecule has 37 heavy (non-hydrogen) atoms. The van der Waals surface area contributed by atoms with Crippen LogP contribution in [0.4, 0.5) is 17.1 Å². The first-order chi connectivity index (χ1) is 17.4. The van der Waals surface area contributed by atoms with Crippen LogP contribution >= 0.6 is 11.3 Å². The van der Waals surface area contributed by atoms with Crippen LogP contribution in [0.15, 0.2) is 106 Å². The molecular formula is C27H17N4NaO3S2. The van der Waals surface area contributed by atoms with Gasteiger partial charge in [0.2, 0.25) is 0 Å². The average Bonchev–Trinajstić information content (AvgIpc) is 3.27. The molecule has 0 fully saturated rings. The molecule has 0 saturated carbocycles. The molecule has 0 aliphatic carbocycles. The van der Waals surface area contributed by atoms with E-state index < -0.39 is 10.1 Å². The SMILES string of the molecule is Nc1c(N=Nc2ccc(-c3cccc4c3sc3ccccc34)nc2)cc(S(=O)(=O)[O-])c2ccccc12.[Na+]. The fourth-order valence-corrected chi connectivity index (χ4v) is 6.23. The van der Waals surface area contributed by atoms with Gasteiger partial charge in [-0.15, -0.1) is 21.6 Å². The number of pyridine rings is 1. The summed E-state index contributed by atoms with van der Waals surface area (Å²) in [6.07, 6.45) is 1.59. The number of nitrogens with zero attached hydrogens (tertiary/aromatic N) is 3. The average molecular weight is 533 g/mol. The van der Waals surface area contributed by atoms with E-state index in [0.29, 0.717) is 11.1 Å². The van der Waals surface area contributed by atoms with Crippen LogP contribution in [0.5, 0.6) is 0 Å². The first-order valence-corrected chi connectivity index (χ1v) is 13.2. The minimum absolute atomic E-state index is 0. The number of fused-ring (bicyclic) bond motifs is 4. The van der Waals surface area contributed by atoms with Crippen LogP contribution in [-0.4, -0.2) is 18.0 Å². The van der Waals surface area contributed by atoms with E-state index in [0.717, 1.165) is 22.0 Å². The molecule has 0 amide bonds. The topological polar surface area (TPSA) is 121 Å². The molecule has 0 aliphatic heterocycles. The van der Waals surface area contributed by atoms with Gasteiger partial charge in [0.05, 0.1) is 22.5 Å². The number of benzene rings is 4. The summed E-state index contributed by atoms with van der Waals surface area (Å²) in [5.74, 6) is 0. The Bertz CT molecular complexity index is 1940. The smallest absolute Gasteiger partial charge is 0.744 e. The van der Waals surface area contributed by atoms with E-state index in [2.05, 4.69) is 33.4 Å². The molecular weight excluding hydrogens is 515 g/mol. The summed E-state index contributed by atoms with van der Waals surface area (Å²) in [6.45, 7) is 0. The Morgan fingerprint density at radius 3 is 2.24 bits per heavy atom. The van der Waals surface area contributed by atoms with Gasteiger partial charge >= 0.3 is 29.6 Å². The second kappa shape index (κ2) is 9.94. The van der Waals surface area contributed by atoms with E-state index in [1.54, 1.807) is 41.8 Å². The molecule has 0 aliphatic rings. The van der Waals surface area contributed by atoms with Gasteiger partial charge < -0.3 is 10.3 Å². The molecule has 2 N–H and O–H groups in total. The normalized spacial score (nSPS) is 11.9. The number of aromatic nitrogens is 1. The molecule has 10 heteroatoms. The van der Waals surface area contributed by atoms with Crippen LogP contribution in [-0.2, 0) is 10.1 Å². The van der Waals surface area contributed by atoms with Crippen molar-refractivity contribution in [3.8, 4) is 11.3 Å². The summed E-state index contributed by atoms with van der Waals surface area (Å²) in [7, 11) is -4.73. The fraction of sp³-hybridized carbons (Fsp3) is 0. The van der Waals surface area contributed by atoms with Crippen molar-refractivity contribution in [2.75, 3.05) is 5.73 Å². The molecule has 0 unspecified atom stereocenters. The summed E-state index contributed by atoms with van der Waals surface area (Å²) >= 11 is 1.73. The van der Waals surface area contributed by atoms with Gasteiger partial charge in [0.1, 0.15) is 21.5 Å². The largest absolute Gasteiger partial charge is 1.00 e. The van der Waals surface area contributed by atoms with Crippen molar-refractivity contribution in [2.24, 2.45) is 10.2 Å². The first-order valence-electron chi connectivity index (χ1n) is 11.0. The molecule has 2 aromatic heterocycles. The van der Waals surface area contributed by atoms with Crippen LogP contribution in [0.2, 0.25) is 0 Å². The van der Waals surface area contributed by atoms with E-state index in [1.807, 2.05) is 30.3 Å². The molecule has 4 aromatic carbocycles. The third-order valence-electron chi connectivity index (χ3n) is 6.00. The second-order valence-corrected chi connectivity index (χ2v) is 10.6. The van der Waals surface area contributed by atoms with E-state index in [1.165, 1.54) is 21.5 Å². The van der Waals surface area contributed by atoms with E-state index >= 15 is 0 Å². The van der Waals surface area contributed by atoms with E-state index in [-0.39, 0.29) is 51.2 Å². The fourth-order valence-electron chi connectivity index (χ4n) is 4.31. The second-order valence-electron chi connectivity index (χ2n) is 8.19. The zero-order valence-electron chi connectivity index (χ0n) is 19.6. The minimum atomic E-state index is -4.73. The number of rotatable bonds is 4. The van der Waals surface area contributed by atoms with Crippen LogP contribution < -0.4 is 35.3 Å². The minimum Gasteiger partial charge on any atom is -0.744 e. The number of nitrogens with two attached hydrogens (primary N) is 1. The quantitative estimate of drug-likeness (QED) is 0.158. The predicted molar refractivity (Wildman–Crippen MR) is 143 cm³/mol. The van der Waals surface area contributed by atoms with Gasteiger partial charge in [-0.25, -0.2) is 8.42 Å². The molecule has 0 saturated heterocycles. The maximum Gasteiger partial charge on any atom is 1.00 e. The summed E-state index contributed by atoms with van der Waals surface area (Å²) < 4.78 is 37.9. The maximum absolute atomic E-state index is 11.8. The number of thiophene rings is 1. The zero-order chi connectivity index (χ0) is 24.9. The summed E-state index contributed by atoms with van der Waals surface area (Å²) in [4.78, 5) is 4.20. The van der Waals surface area contributed by atoms with Gasteiger partial charge in [-0.2, -0.15) is 0 Å². The molecule has 0 bridgehead atoms. The molecule has 7 nitrogen and oxygen atoms in total. The van der Waals surface area contributed by atoms with Gasteiger partial charge in [0.15, 0.2) is 0 Å². The van der Waals surface area contributed by atoms with Crippen molar-refractivity contribution in [1.82, 2.24) is 4.98 Å². The van der Waals surface area contributed by atoms with Crippen molar-refractivity contribution in [3.05, 3.63) is 91.1 Å². The van der Waals surface area contributed by atoms with Crippen molar-refractivity contribution in [3.63, 3.8) is 0 Å². The number of hydrogen-bond donors (Lipinski definition) is 1.